The lowest BCUT2D eigenvalue weighted by Gasteiger charge is -2.23. The molecule has 1 aliphatic rings. The van der Waals surface area contributed by atoms with Crippen LogP contribution in [0.25, 0.3) is 11.0 Å². The van der Waals surface area contributed by atoms with Gasteiger partial charge in [0.15, 0.2) is 0 Å². The quantitative estimate of drug-likeness (QED) is 0.681. The number of hydrogen-bond acceptors (Lipinski definition) is 3. The number of rotatable bonds is 3. The summed E-state index contributed by atoms with van der Waals surface area (Å²) in [7, 11) is 0. The summed E-state index contributed by atoms with van der Waals surface area (Å²) in [5.74, 6) is 0.790. The van der Waals surface area contributed by atoms with Crippen LogP contribution in [0, 0.1) is 13.8 Å². The molecule has 1 aromatic carbocycles. The number of nitrogens with zero attached hydrogens (tertiary/aromatic N) is 2. The van der Waals surface area contributed by atoms with Crippen LogP contribution in [0.3, 0.4) is 0 Å². The van der Waals surface area contributed by atoms with Crippen molar-refractivity contribution in [2.75, 3.05) is 6.54 Å². The SMILES string of the molecule is Cc1ccc2nc([C@@H]3CCCN3C(=O)Cc3c(C)[nH][nH]c3=O)[nH]c2c1. The van der Waals surface area contributed by atoms with E-state index >= 15 is 0 Å². The van der Waals surface area contributed by atoms with Crippen LogP contribution in [0.1, 0.15) is 41.5 Å². The maximum Gasteiger partial charge on any atom is 0.267 e. The van der Waals surface area contributed by atoms with E-state index in [9.17, 15) is 9.59 Å². The molecule has 3 N–H and O–H groups in total. The molecule has 0 saturated carbocycles. The second kappa shape index (κ2) is 5.91. The lowest BCUT2D eigenvalue weighted by Crippen LogP contribution is -2.33. The van der Waals surface area contributed by atoms with Crippen molar-refractivity contribution >= 4 is 16.9 Å². The van der Waals surface area contributed by atoms with Gasteiger partial charge in [-0.05, 0) is 44.4 Å². The Hall–Kier alpha value is -2.83. The molecule has 3 heterocycles. The molecule has 0 radical (unpaired) electrons. The average molecular weight is 339 g/mol. The second-order valence-corrected chi connectivity index (χ2v) is 6.75. The summed E-state index contributed by atoms with van der Waals surface area (Å²) in [5, 5.41) is 5.30. The van der Waals surface area contributed by atoms with Crippen molar-refractivity contribution in [3.63, 3.8) is 0 Å². The van der Waals surface area contributed by atoms with Gasteiger partial charge in [0.1, 0.15) is 5.82 Å². The molecule has 7 nitrogen and oxygen atoms in total. The zero-order chi connectivity index (χ0) is 17.6. The highest BCUT2D eigenvalue weighted by Gasteiger charge is 2.32. The smallest absolute Gasteiger partial charge is 0.267 e. The van der Waals surface area contributed by atoms with Crippen molar-refractivity contribution in [1.82, 2.24) is 25.1 Å². The molecule has 0 bridgehead atoms. The summed E-state index contributed by atoms with van der Waals surface area (Å²) in [6.07, 6.45) is 1.93. The third-order valence-corrected chi connectivity index (χ3v) is 4.96. The molecule has 7 heteroatoms. The Kier molecular flexibility index (Phi) is 3.71. The molecule has 2 aromatic heterocycles. The van der Waals surface area contributed by atoms with Gasteiger partial charge >= 0.3 is 0 Å². The summed E-state index contributed by atoms with van der Waals surface area (Å²) in [4.78, 5) is 34.5. The number of imidazole rings is 1. The van der Waals surface area contributed by atoms with Crippen LogP contribution in [-0.4, -0.2) is 37.5 Å². The first-order valence-electron chi connectivity index (χ1n) is 8.55. The van der Waals surface area contributed by atoms with Gasteiger partial charge in [-0.2, -0.15) is 0 Å². The fraction of sp³-hybridized carbons (Fsp3) is 0.389. The van der Waals surface area contributed by atoms with E-state index in [1.807, 2.05) is 24.0 Å². The van der Waals surface area contributed by atoms with Crippen molar-refractivity contribution < 1.29 is 4.79 Å². The standard InChI is InChI=1S/C18H21N5O2/c1-10-5-6-13-14(8-10)20-17(19-13)15-4-3-7-23(15)16(24)9-12-11(2)21-22-18(12)25/h5-6,8,15H,3-4,7,9H2,1-2H3,(H,19,20)(H2,21,22,25)/t15-/m0/s1. The zero-order valence-corrected chi connectivity index (χ0v) is 14.3. The number of carbonyl (C=O) groups is 1. The number of H-pyrrole nitrogens is 3. The zero-order valence-electron chi connectivity index (χ0n) is 14.3. The molecule has 0 spiro atoms. The number of carbonyl (C=O) groups excluding carboxylic acids is 1. The molecule has 1 fully saturated rings. The van der Waals surface area contributed by atoms with Crippen LogP contribution in [0.5, 0.6) is 0 Å². The third-order valence-electron chi connectivity index (χ3n) is 4.96. The van der Waals surface area contributed by atoms with Gasteiger partial charge in [0.25, 0.3) is 5.56 Å². The molecule has 130 valence electrons. The van der Waals surface area contributed by atoms with E-state index in [0.717, 1.165) is 29.7 Å². The van der Waals surface area contributed by atoms with Gasteiger partial charge in [0.05, 0.1) is 23.5 Å². The van der Waals surface area contributed by atoms with Gasteiger partial charge in [0, 0.05) is 17.8 Å². The minimum atomic E-state index is -0.221. The van der Waals surface area contributed by atoms with Gasteiger partial charge in [0.2, 0.25) is 5.91 Å². The van der Waals surface area contributed by atoms with Crippen LogP contribution in [0.4, 0.5) is 0 Å². The number of fused-ring (bicyclic) bond motifs is 1. The number of hydrogen-bond donors (Lipinski definition) is 3. The predicted octanol–water partition coefficient (Wildman–Crippen LogP) is 2.10. The van der Waals surface area contributed by atoms with E-state index in [1.54, 1.807) is 6.92 Å². The van der Waals surface area contributed by atoms with Crippen molar-refractivity contribution in [3.8, 4) is 0 Å². The number of aromatic amines is 3. The number of benzene rings is 1. The van der Waals surface area contributed by atoms with Gasteiger partial charge in [-0.25, -0.2) is 4.98 Å². The molecule has 0 aliphatic carbocycles. The average Bonchev–Trinajstić information content (AvgIpc) is 3.28. The molecular formula is C18H21N5O2. The summed E-state index contributed by atoms with van der Waals surface area (Å²) >= 11 is 0. The van der Waals surface area contributed by atoms with Crippen LogP contribution in [-0.2, 0) is 11.2 Å². The summed E-state index contributed by atoms with van der Waals surface area (Å²) < 4.78 is 0. The van der Waals surface area contributed by atoms with Gasteiger partial charge in [-0.3, -0.25) is 14.7 Å². The third kappa shape index (κ3) is 2.75. The summed E-state index contributed by atoms with van der Waals surface area (Å²) in [5.41, 5.74) is 4.08. The van der Waals surface area contributed by atoms with Crippen molar-refractivity contribution in [1.29, 1.82) is 0 Å². The van der Waals surface area contributed by atoms with E-state index in [4.69, 9.17) is 0 Å². The molecular weight excluding hydrogens is 318 g/mol. The highest BCUT2D eigenvalue weighted by molar-refractivity contribution is 5.80. The number of likely N-dealkylation sites (tertiary alicyclic amines) is 1. The van der Waals surface area contributed by atoms with Gasteiger partial charge in [-0.1, -0.05) is 6.07 Å². The lowest BCUT2D eigenvalue weighted by molar-refractivity contribution is -0.131. The monoisotopic (exact) mass is 339 g/mol. The molecule has 0 unspecified atom stereocenters. The molecule has 1 atom stereocenters. The fourth-order valence-corrected chi connectivity index (χ4v) is 3.59. The first-order chi connectivity index (χ1) is 12.0. The highest BCUT2D eigenvalue weighted by atomic mass is 16.2. The Balaban J connectivity index is 1.61. The minimum Gasteiger partial charge on any atom is -0.340 e. The first-order valence-corrected chi connectivity index (χ1v) is 8.55. The van der Waals surface area contributed by atoms with E-state index in [1.165, 1.54) is 5.56 Å². The molecule has 3 aromatic rings. The van der Waals surface area contributed by atoms with Crippen LogP contribution in [0.2, 0.25) is 0 Å². The van der Waals surface area contributed by atoms with Crippen molar-refractivity contribution in [2.45, 2.75) is 39.2 Å². The molecule has 1 aliphatic heterocycles. The Bertz CT molecular complexity index is 996. The second-order valence-electron chi connectivity index (χ2n) is 6.75. The first kappa shape index (κ1) is 15.7. The molecule has 4 rings (SSSR count). The Labute approximate surface area is 144 Å². The molecule has 1 amide bonds. The topological polar surface area (TPSA) is 97.6 Å². The Morgan fingerprint density at radius 1 is 1.32 bits per heavy atom. The largest absolute Gasteiger partial charge is 0.340 e. The van der Waals surface area contributed by atoms with E-state index in [0.29, 0.717) is 17.8 Å². The van der Waals surface area contributed by atoms with Crippen molar-refractivity contribution in [3.05, 3.63) is 51.2 Å². The van der Waals surface area contributed by atoms with E-state index < -0.39 is 0 Å². The molecule has 1 saturated heterocycles. The minimum absolute atomic E-state index is 0.0349. The highest BCUT2D eigenvalue weighted by Crippen LogP contribution is 2.32. The van der Waals surface area contributed by atoms with Gasteiger partial charge < -0.3 is 15.0 Å². The summed E-state index contributed by atoms with van der Waals surface area (Å²) in [6.45, 7) is 4.53. The fourth-order valence-electron chi connectivity index (χ4n) is 3.59. The van der Waals surface area contributed by atoms with Crippen LogP contribution < -0.4 is 5.56 Å². The normalized spacial score (nSPS) is 17.5. The van der Waals surface area contributed by atoms with Crippen LogP contribution in [0.15, 0.2) is 23.0 Å². The number of aryl methyl sites for hydroxylation is 2. The Morgan fingerprint density at radius 3 is 2.92 bits per heavy atom. The lowest BCUT2D eigenvalue weighted by atomic mass is 10.1. The maximum atomic E-state index is 12.8. The Morgan fingerprint density at radius 2 is 2.16 bits per heavy atom. The van der Waals surface area contributed by atoms with Gasteiger partial charge in [-0.15, -0.1) is 0 Å². The van der Waals surface area contributed by atoms with E-state index in [2.05, 4.69) is 26.2 Å². The number of aromatic nitrogens is 4. The maximum absolute atomic E-state index is 12.8. The predicted molar refractivity (Wildman–Crippen MR) is 94.4 cm³/mol. The van der Waals surface area contributed by atoms with E-state index in [-0.39, 0.29) is 23.9 Å². The van der Waals surface area contributed by atoms with Crippen LogP contribution >= 0.6 is 0 Å². The number of amides is 1. The molecule has 25 heavy (non-hydrogen) atoms. The number of nitrogens with one attached hydrogen (secondary N) is 3. The summed E-state index contributed by atoms with van der Waals surface area (Å²) in [6, 6.07) is 6.04. The van der Waals surface area contributed by atoms with Crippen molar-refractivity contribution in [2.24, 2.45) is 0 Å².